The van der Waals surface area contributed by atoms with Crippen LogP contribution in [-0.2, 0) is 24.9 Å². The predicted octanol–water partition coefficient (Wildman–Crippen LogP) is 3.47. The Kier molecular flexibility index (Phi) is 6.21. The van der Waals surface area contributed by atoms with E-state index in [-0.39, 0.29) is 20.9 Å². The number of ether oxygens (including phenoxy) is 2. The summed E-state index contributed by atoms with van der Waals surface area (Å²) >= 11 is 1.13. The average molecular weight is 439 g/mol. The highest BCUT2D eigenvalue weighted by Crippen LogP contribution is 2.34. The van der Waals surface area contributed by atoms with Gasteiger partial charge in [-0.3, -0.25) is 4.72 Å². The van der Waals surface area contributed by atoms with Crippen LogP contribution in [0.5, 0.6) is 0 Å². The molecule has 0 radical (unpaired) electrons. The Morgan fingerprint density at radius 2 is 1.90 bits per heavy atom. The van der Waals surface area contributed by atoms with Gasteiger partial charge in [0.05, 0.1) is 31.7 Å². The van der Waals surface area contributed by atoms with Crippen molar-refractivity contribution < 1.29 is 22.7 Å². The van der Waals surface area contributed by atoms with Gasteiger partial charge in [-0.25, -0.2) is 13.2 Å². The Morgan fingerprint density at radius 1 is 1.21 bits per heavy atom. The van der Waals surface area contributed by atoms with Crippen LogP contribution in [0.4, 0.5) is 11.4 Å². The fraction of sp³-hybridized carbons (Fsp3) is 0.450. The number of methoxy groups -OCH3 is 1. The number of hydrogen-bond acceptors (Lipinski definition) is 7. The van der Waals surface area contributed by atoms with E-state index < -0.39 is 16.0 Å². The zero-order valence-electron chi connectivity index (χ0n) is 17.0. The molecule has 7 nitrogen and oxygen atoms in total. The zero-order chi connectivity index (χ0) is 21.2. The third-order valence-corrected chi connectivity index (χ3v) is 7.05. The molecule has 0 spiro atoms. The highest BCUT2D eigenvalue weighted by Gasteiger charge is 2.27. The Bertz CT molecular complexity index is 987. The molecule has 1 aliphatic heterocycles. The number of sulfonamides is 1. The van der Waals surface area contributed by atoms with Gasteiger partial charge in [-0.1, -0.05) is 26.8 Å². The van der Waals surface area contributed by atoms with Crippen LogP contribution in [-0.4, -0.2) is 47.8 Å². The molecule has 1 N–H and O–H groups in total. The molecule has 1 fully saturated rings. The minimum absolute atomic E-state index is 0.123. The summed E-state index contributed by atoms with van der Waals surface area (Å²) in [5.74, 6) is -0.575. The molecule has 1 aromatic heterocycles. The summed E-state index contributed by atoms with van der Waals surface area (Å²) in [6.07, 6.45) is 0. The minimum atomic E-state index is -3.92. The molecule has 0 aliphatic carbocycles. The summed E-state index contributed by atoms with van der Waals surface area (Å²) in [5, 5.41) is 1.65. The lowest BCUT2D eigenvalue weighted by Crippen LogP contribution is -2.37. The second kappa shape index (κ2) is 8.33. The maximum atomic E-state index is 13.3. The number of carbonyl (C=O) groups excluding carboxylic acids is 1. The van der Waals surface area contributed by atoms with Gasteiger partial charge in [0.1, 0.15) is 9.77 Å². The molecule has 29 heavy (non-hydrogen) atoms. The number of nitrogens with zero attached hydrogens (tertiary/aromatic N) is 1. The zero-order valence-corrected chi connectivity index (χ0v) is 18.7. The number of carbonyl (C=O) groups is 1. The second-order valence-corrected chi connectivity index (χ2v) is 10.4. The van der Waals surface area contributed by atoms with Crippen LogP contribution < -0.4 is 9.62 Å². The lowest BCUT2D eigenvalue weighted by molar-refractivity contribution is 0.0607. The smallest absolute Gasteiger partial charge is 0.350 e. The van der Waals surface area contributed by atoms with Gasteiger partial charge in [-0.15, -0.1) is 11.3 Å². The molecule has 158 valence electrons. The quantitative estimate of drug-likeness (QED) is 0.720. The van der Waals surface area contributed by atoms with Crippen molar-refractivity contribution in [2.24, 2.45) is 0 Å². The SMILES string of the molecule is COC(=O)c1sccc1NS(=O)(=O)c1ccc(C(C)(C)C)cc1N1CCOCC1. The maximum absolute atomic E-state index is 13.3. The van der Waals surface area contributed by atoms with Crippen LogP contribution in [0.1, 0.15) is 36.0 Å². The van der Waals surface area contributed by atoms with E-state index in [1.807, 2.05) is 17.0 Å². The van der Waals surface area contributed by atoms with Crippen LogP contribution >= 0.6 is 11.3 Å². The minimum Gasteiger partial charge on any atom is -0.465 e. The highest BCUT2D eigenvalue weighted by molar-refractivity contribution is 7.93. The van der Waals surface area contributed by atoms with Gasteiger partial charge in [-0.05, 0) is 34.6 Å². The van der Waals surface area contributed by atoms with Gasteiger partial charge in [0.25, 0.3) is 10.0 Å². The summed E-state index contributed by atoms with van der Waals surface area (Å²) in [6.45, 7) is 8.58. The number of nitrogens with one attached hydrogen (secondary N) is 1. The predicted molar refractivity (Wildman–Crippen MR) is 115 cm³/mol. The van der Waals surface area contributed by atoms with Crippen molar-refractivity contribution in [2.75, 3.05) is 43.0 Å². The molecule has 0 unspecified atom stereocenters. The standard InChI is InChI=1S/C20H26N2O5S2/c1-20(2,3)14-5-6-17(16(13-14)22-8-10-27-11-9-22)29(24,25)21-15-7-12-28-18(15)19(23)26-4/h5-7,12-13,21H,8-11H2,1-4H3. The lowest BCUT2D eigenvalue weighted by atomic mass is 9.87. The third kappa shape index (κ3) is 4.73. The van der Waals surface area contributed by atoms with Gasteiger partial charge in [0, 0.05) is 13.1 Å². The number of benzene rings is 1. The molecular weight excluding hydrogens is 412 g/mol. The van der Waals surface area contributed by atoms with Crippen LogP contribution in [0, 0.1) is 0 Å². The van der Waals surface area contributed by atoms with Crippen LogP contribution in [0.2, 0.25) is 0 Å². The molecule has 9 heteroatoms. The van der Waals surface area contributed by atoms with E-state index in [2.05, 4.69) is 25.5 Å². The number of anilines is 2. The molecule has 2 aromatic rings. The van der Waals surface area contributed by atoms with Gasteiger partial charge in [0.15, 0.2) is 0 Å². The molecule has 0 bridgehead atoms. The van der Waals surface area contributed by atoms with E-state index in [0.29, 0.717) is 32.0 Å². The molecular formula is C20H26N2O5S2. The molecule has 2 heterocycles. The Labute approximate surface area is 175 Å². The Balaban J connectivity index is 2.04. The first-order valence-electron chi connectivity index (χ1n) is 9.29. The van der Waals surface area contributed by atoms with Crippen molar-refractivity contribution in [3.05, 3.63) is 40.1 Å². The maximum Gasteiger partial charge on any atom is 0.350 e. The van der Waals surface area contributed by atoms with Crippen molar-refractivity contribution >= 4 is 38.7 Å². The van der Waals surface area contributed by atoms with E-state index in [1.54, 1.807) is 17.5 Å². The van der Waals surface area contributed by atoms with E-state index in [9.17, 15) is 13.2 Å². The topological polar surface area (TPSA) is 84.9 Å². The third-order valence-electron chi connectivity index (χ3n) is 4.75. The summed E-state index contributed by atoms with van der Waals surface area (Å²) in [5.41, 5.74) is 1.78. The molecule has 0 saturated carbocycles. The molecule has 1 saturated heterocycles. The van der Waals surface area contributed by atoms with E-state index in [4.69, 9.17) is 9.47 Å². The van der Waals surface area contributed by atoms with Gasteiger partial charge < -0.3 is 14.4 Å². The number of thiophene rings is 1. The van der Waals surface area contributed by atoms with Gasteiger partial charge >= 0.3 is 5.97 Å². The highest BCUT2D eigenvalue weighted by atomic mass is 32.2. The monoisotopic (exact) mass is 438 g/mol. The molecule has 3 rings (SSSR count). The van der Waals surface area contributed by atoms with Crippen LogP contribution in [0.15, 0.2) is 34.5 Å². The molecule has 1 aromatic carbocycles. The van der Waals surface area contributed by atoms with E-state index >= 15 is 0 Å². The summed E-state index contributed by atoms with van der Waals surface area (Å²) in [7, 11) is -2.66. The van der Waals surface area contributed by atoms with Gasteiger partial charge in [0.2, 0.25) is 0 Å². The largest absolute Gasteiger partial charge is 0.465 e. The van der Waals surface area contributed by atoms with Gasteiger partial charge in [-0.2, -0.15) is 0 Å². The van der Waals surface area contributed by atoms with Crippen LogP contribution in [0.3, 0.4) is 0 Å². The first kappa shape index (κ1) is 21.6. The average Bonchev–Trinajstić information content (AvgIpc) is 3.14. The van der Waals surface area contributed by atoms with E-state index in [1.165, 1.54) is 7.11 Å². The fourth-order valence-corrected chi connectivity index (χ4v) is 5.21. The number of rotatable bonds is 5. The number of hydrogen-bond donors (Lipinski definition) is 1. The first-order chi connectivity index (χ1) is 13.6. The summed E-state index contributed by atoms with van der Waals surface area (Å²) < 4.78 is 39.3. The van der Waals surface area contributed by atoms with Crippen molar-refractivity contribution in [1.82, 2.24) is 0 Å². The summed E-state index contributed by atoms with van der Waals surface area (Å²) in [6, 6.07) is 6.98. The van der Waals surface area contributed by atoms with Crippen molar-refractivity contribution in [3.63, 3.8) is 0 Å². The number of esters is 1. The molecule has 0 atom stereocenters. The summed E-state index contributed by atoms with van der Waals surface area (Å²) in [4.78, 5) is 14.3. The Hall–Kier alpha value is -2.10. The fourth-order valence-electron chi connectivity index (χ4n) is 3.10. The van der Waals surface area contributed by atoms with Crippen molar-refractivity contribution in [2.45, 2.75) is 31.1 Å². The van der Waals surface area contributed by atoms with E-state index in [0.717, 1.165) is 16.9 Å². The Morgan fingerprint density at radius 3 is 2.52 bits per heavy atom. The molecule has 0 amide bonds. The molecule has 1 aliphatic rings. The van der Waals surface area contributed by atoms with Crippen LogP contribution in [0.25, 0.3) is 0 Å². The first-order valence-corrected chi connectivity index (χ1v) is 11.7. The lowest BCUT2D eigenvalue weighted by Gasteiger charge is -2.32. The van der Waals surface area contributed by atoms with Crippen molar-refractivity contribution in [3.8, 4) is 0 Å². The normalized spacial score (nSPS) is 15.2. The second-order valence-electron chi connectivity index (χ2n) is 7.79. The number of morpholine rings is 1. The van der Waals surface area contributed by atoms with Crippen molar-refractivity contribution in [1.29, 1.82) is 0 Å².